The van der Waals surface area contributed by atoms with Crippen molar-refractivity contribution in [3.05, 3.63) is 12.8 Å². The first-order chi connectivity index (χ1) is 5.18. The molecule has 5 heteroatoms. The highest BCUT2D eigenvalue weighted by molar-refractivity contribution is 7.81. The summed E-state index contributed by atoms with van der Waals surface area (Å²) < 4.78 is 4.68. The molecule has 0 aromatic rings. The minimum absolute atomic E-state index is 0.194. The molecule has 0 fully saturated rings. The van der Waals surface area contributed by atoms with Crippen LogP contribution in [0.15, 0.2) is 12.8 Å². The third kappa shape index (κ3) is 26.8. The summed E-state index contributed by atoms with van der Waals surface area (Å²) in [6.07, 6.45) is 1.42. The maximum atomic E-state index is 9.18. The van der Waals surface area contributed by atoms with Gasteiger partial charge in [0.1, 0.15) is 13.2 Å². The molecule has 0 unspecified atom stereocenters. The lowest BCUT2D eigenvalue weighted by molar-refractivity contribution is -0.372. The zero-order valence-electron chi connectivity index (χ0n) is 6.28. The predicted octanol–water partition coefficient (Wildman–Crippen LogP) is -1.95. The van der Waals surface area contributed by atoms with Gasteiger partial charge in [0.2, 0.25) is 0 Å². The van der Waals surface area contributed by atoms with Gasteiger partial charge in [0.15, 0.2) is 0 Å². The smallest absolute Gasteiger partial charge is 0.136 e. The maximum Gasteiger partial charge on any atom is 0.136 e. The zero-order chi connectivity index (χ0) is 9.11. The molecule has 0 spiro atoms. The van der Waals surface area contributed by atoms with Gasteiger partial charge in [-0.1, -0.05) is 6.58 Å². The normalized spacial score (nSPS) is 7.45. The SMILES string of the molecule is C=COCC[NH3+].O=C([O-])CS. The number of hydrogen-bond acceptors (Lipinski definition) is 4. The van der Waals surface area contributed by atoms with Gasteiger partial charge in [-0.25, -0.2) is 0 Å². The Bertz CT molecular complexity index is 108. The van der Waals surface area contributed by atoms with E-state index in [2.05, 4.69) is 29.7 Å². The highest BCUT2D eigenvalue weighted by Gasteiger charge is 1.71. The van der Waals surface area contributed by atoms with E-state index in [4.69, 9.17) is 0 Å². The van der Waals surface area contributed by atoms with Gasteiger partial charge in [-0.15, -0.1) is 0 Å². The van der Waals surface area contributed by atoms with E-state index in [0.717, 1.165) is 6.54 Å². The Morgan fingerprint density at radius 1 is 1.82 bits per heavy atom. The molecule has 3 N–H and O–H groups in total. The number of quaternary nitrogens is 1. The third-order valence-electron chi connectivity index (χ3n) is 0.509. The number of carbonyl (C=O) groups excluding carboxylic acids is 1. The van der Waals surface area contributed by atoms with Crippen molar-refractivity contribution in [1.82, 2.24) is 0 Å². The number of hydrogen-bond donors (Lipinski definition) is 2. The van der Waals surface area contributed by atoms with E-state index in [1.165, 1.54) is 6.26 Å². The lowest BCUT2D eigenvalue weighted by Gasteiger charge is -1.88. The monoisotopic (exact) mass is 179 g/mol. The number of ether oxygens (including phenoxy) is 1. The van der Waals surface area contributed by atoms with Gasteiger partial charge < -0.3 is 20.4 Å². The lowest BCUT2D eigenvalue weighted by atomic mass is 10.7. The van der Waals surface area contributed by atoms with Crippen LogP contribution in [0.4, 0.5) is 0 Å². The van der Waals surface area contributed by atoms with Crippen LogP contribution in [0.5, 0.6) is 0 Å². The molecule has 11 heavy (non-hydrogen) atoms. The number of carboxylic acid groups (broad SMARTS) is 1. The second kappa shape index (κ2) is 12.0. The van der Waals surface area contributed by atoms with Crippen LogP contribution >= 0.6 is 12.6 Å². The summed E-state index contributed by atoms with van der Waals surface area (Å²) in [5.41, 5.74) is 3.55. The van der Waals surface area contributed by atoms with E-state index in [9.17, 15) is 9.90 Å². The van der Waals surface area contributed by atoms with Crippen LogP contribution < -0.4 is 10.8 Å². The molecule has 0 bridgehead atoms. The van der Waals surface area contributed by atoms with E-state index < -0.39 is 5.97 Å². The van der Waals surface area contributed by atoms with Crippen LogP contribution in [-0.4, -0.2) is 24.9 Å². The summed E-state index contributed by atoms with van der Waals surface area (Å²) in [4.78, 5) is 9.18. The predicted molar refractivity (Wildman–Crippen MR) is 42.8 cm³/mol. The Morgan fingerprint density at radius 2 is 2.27 bits per heavy atom. The minimum Gasteiger partial charge on any atom is -0.549 e. The van der Waals surface area contributed by atoms with Gasteiger partial charge in [0, 0.05) is 5.75 Å². The first kappa shape index (κ1) is 12.9. The van der Waals surface area contributed by atoms with Crippen LogP contribution in [0, 0.1) is 0 Å². The van der Waals surface area contributed by atoms with Crippen molar-refractivity contribution in [2.45, 2.75) is 0 Å². The molecule has 0 aromatic heterocycles. The Labute approximate surface area is 71.4 Å². The van der Waals surface area contributed by atoms with Gasteiger partial charge in [0.25, 0.3) is 0 Å². The number of thiol groups is 1. The largest absolute Gasteiger partial charge is 0.549 e. The van der Waals surface area contributed by atoms with Crippen LogP contribution in [0.3, 0.4) is 0 Å². The molecule has 0 rings (SSSR count). The fourth-order valence-electron chi connectivity index (χ4n) is 0.167. The van der Waals surface area contributed by atoms with Crippen molar-refractivity contribution in [3.8, 4) is 0 Å². The molecule has 0 aliphatic heterocycles. The van der Waals surface area contributed by atoms with Crippen molar-refractivity contribution >= 4 is 18.6 Å². The van der Waals surface area contributed by atoms with Gasteiger partial charge in [-0.3, -0.25) is 0 Å². The first-order valence-corrected chi connectivity index (χ1v) is 3.64. The van der Waals surface area contributed by atoms with Crippen molar-refractivity contribution in [1.29, 1.82) is 0 Å². The molecule has 0 radical (unpaired) electrons. The van der Waals surface area contributed by atoms with Gasteiger partial charge in [-0.05, 0) is 0 Å². The van der Waals surface area contributed by atoms with Crippen LogP contribution in [0.25, 0.3) is 0 Å². The van der Waals surface area contributed by atoms with Crippen LogP contribution in [-0.2, 0) is 9.53 Å². The molecule has 0 heterocycles. The van der Waals surface area contributed by atoms with E-state index >= 15 is 0 Å². The van der Waals surface area contributed by atoms with Crippen LogP contribution in [0.1, 0.15) is 0 Å². The summed E-state index contributed by atoms with van der Waals surface area (Å²) in [5, 5.41) is 9.18. The Kier molecular flexibility index (Phi) is 14.2. The van der Waals surface area contributed by atoms with E-state index in [1.54, 1.807) is 0 Å². The number of rotatable bonds is 4. The molecule has 4 nitrogen and oxygen atoms in total. The Hall–Kier alpha value is -0.680. The van der Waals surface area contributed by atoms with Gasteiger partial charge >= 0.3 is 0 Å². The number of aliphatic carboxylic acids is 1. The summed E-state index contributed by atoms with van der Waals surface area (Å²) in [5.74, 6) is -1.33. The average molecular weight is 179 g/mol. The van der Waals surface area contributed by atoms with Crippen molar-refractivity contribution < 1.29 is 20.4 Å². The highest BCUT2D eigenvalue weighted by atomic mass is 32.1. The third-order valence-corrected chi connectivity index (χ3v) is 0.767. The highest BCUT2D eigenvalue weighted by Crippen LogP contribution is 1.64. The van der Waals surface area contributed by atoms with E-state index in [1.807, 2.05) is 0 Å². The summed E-state index contributed by atoms with van der Waals surface area (Å²) in [6, 6.07) is 0. The molecule has 0 aliphatic carbocycles. The first-order valence-electron chi connectivity index (χ1n) is 3.01. The van der Waals surface area contributed by atoms with Crippen molar-refractivity contribution in [3.63, 3.8) is 0 Å². The van der Waals surface area contributed by atoms with E-state index in [0.29, 0.717) is 6.61 Å². The minimum atomic E-state index is -1.13. The van der Waals surface area contributed by atoms with E-state index in [-0.39, 0.29) is 5.75 Å². The second-order valence-electron chi connectivity index (χ2n) is 1.42. The molecule has 0 saturated heterocycles. The van der Waals surface area contributed by atoms with Crippen molar-refractivity contribution in [2.75, 3.05) is 18.9 Å². The molecule has 66 valence electrons. The second-order valence-corrected chi connectivity index (χ2v) is 1.74. The topological polar surface area (TPSA) is 77.0 Å². The Morgan fingerprint density at radius 3 is 2.36 bits per heavy atom. The number of carboxylic acids is 1. The summed E-state index contributed by atoms with van der Waals surface area (Å²) in [7, 11) is 0. The molecule has 0 aliphatic rings. The fraction of sp³-hybridized carbons (Fsp3) is 0.500. The maximum absolute atomic E-state index is 9.18. The molecule has 0 saturated carbocycles. The molecular formula is C6H13NO3S. The van der Waals surface area contributed by atoms with Crippen molar-refractivity contribution in [2.24, 2.45) is 0 Å². The lowest BCUT2D eigenvalue weighted by Crippen LogP contribution is -2.52. The summed E-state index contributed by atoms with van der Waals surface area (Å²) >= 11 is 3.35. The zero-order valence-corrected chi connectivity index (χ0v) is 7.18. The number of carbonyl (C=O) groups is 1. The quantitative estimate of drug-likeness (QED) is 0.299. The standard InChI is InChI=1S/C4H9NO.C2H4O2S/c1-2-6-4-3-5;3-2(4)1-5/h2H,1,3-5H2;5H,1H2,(H,3,4). The molecular weight excluding hydrogens is 166 g/mol. The fourth-order valence-corrected chi connectivity index (χ4v) is 0.167. The van der Waals surface area contributed by atoms with Gasteiger partial charge in [-0.2, -0.15) is 12.6 Å². The Balaban J connectivity index is 0. The summed E-state index contributed by atoms with van der Waals surface area (Å²) in [6.45, 7) is 4.84. The van der Waals surface area contributed by atoms with Crippen LogP contribution in [0.2, 0.25) is 0 Å². The molecule has 0 amide bonds. The molecule has 0 aromatic carbocycles. The molecule has 0 atom stereocenters. The van der Waals surface area contributed by atoms with Gasteiger partial charge in [0.05, 0.1) is 12.2 Å². The average Bonchev–Trinajstić information content (AvgIpc) is 2.02.